The number of piperidine rings is 1. The summed E-state index contributed by atoms with van der Waals surface area (Å²) in [5.74, 6) is 1.67. The largest absolute Gasteiger partial charge is 0.425 e. The van der Waals surface area contributed by atoms with E-state index >= 15 is 0 Å². The number of anilines is 1. The normalized spacial score (nSPS) is 15.8. The number of nitrogens with zero attached hydrogens (tertiary/aromatic N) is 4. The summed E-state index contributed by atoms with van der Waals surface area (Å²) in [4.78, 5) is 24.5. The SMILES string of the molecule is CC(C)c1nnc(C2CCN(CC(=O)Nc3ccc([N+](=O)[O-])cc3)CC2)o1. The van der Waals surface area contributed by atoms with Crippen LogP contribution in [0.2, 0.25) is 0 Å². The van der Waals surface area contributed by atoms with Gasteiger partial charge in [0.15, 0.2) is 0 Å². The third kappa shape index (κ3) is 4.88. The highest BCUT2D eigenvalue weighted by molar-refractivity contribution is 5.92. The van der Waals surface area contributed by atoms with E-state index in [4.69, 9.17) is 4.42 Å². The number of non-ortho nitro benzene ring substituents is 1. The molecule has 2 heterocycles. The minimum absolute atomic E-state index is 0.00304. The Morgan fingerprint density at radius 3 is 2.52 bits per heavy atom. The van der Waals surface area contributed by atoms with E-state index < -0.39 is 4.92 Å². The molecule has 1 aromatic carbocycles. The van der Waals surface area contributed by atoms with E-state index in [1.165, 1.54) is 24.3 Å². The quantitative estimate of drug-likeness (QED) is 0.611. The zero-order valence-electron chi connectivity index (χ0n) is 15.4. The Labute approximate surface area is 156 Å². The Morgan fingerprint density at radius 2 is 1.96 bits per heavy atom. The van der Waals surface area contributed by atoms with Gasteiger partial charge in [0.2, 0.25) is 17.7 Å². The van der Waals surface area contributed by atoms with Crippen LogP contribution >= 0.6 is 0 Å². The van der Waals surface area contributed by atoms with Gasteiger partial charge in [0.1, 0.15) is 0 Å². The van der Waals surface area contributed by atoms with E-state index in [1.54, 1.807) is 0 Å². The maximum atomic E-state index is 12.2. The van der Waals surface area contributed by atoms with Gasteiger partial charge in [-0.15, -0.1) is 10.2 Å². The zero-order chi connectivity index (χ0) is 19.4. The number of nitrogens with one attached hydrogen (secondary N) is 1. The summed E-state index contributed by atoms with van der Waals surface area (Å²) in [6, 6.07) is 5.81. The van der Waals surface area contributed by atoms with Gasteiger partial charge in [0.05, 0.1) is 11.5 Å². The Kier molecular flexibility index (Phi) is 5.80. The number of carbonyl (C=O) groups is 1. The Hall–Kier alpha value is -2.81. The molecule has 1 aliphatic heterocycles. The first-order chi connectivity index (χ1) is 12.9. The van der Waals surface area contributed by atoms with Gasteiger partial charge in [0.25, 0.3) is 5.69 Å². The van der Waals surface area contributed by atoms with Crippen molar-refractivity contribution in [3.05, 3.63) is 46.2 Å². The molecule has 3 rings (SSSR count). The van der Waals surface area contributed by atoms with E-state index in [1.807, 2.05) is 13.8 Å². The van der Waals surface area contributed by atoms with Gasteiger partial charge in [-0.2, -0.15) is 0 Å². The average molecular weight is 373 g/mol. The lowest BCUT2D eigenvalue weighted by Crippen LogP contribution is -2.38. The van der Waals surface area contributed by atoms with Crippen LogP contribution in [0.1, 0.15) is 50.3 Å². The van der Waals surface area contributed by atoms with Crippen LogP contribution in [0.4, 0.5) is 11.4 Å². The van der Waals surface area contributed by atoms with E-state index in [9.17, 15) is 14.9 Å². The summed E-state index contributed by atoms with van der Waals surface area (Å²) in [6.07, 6.45) is 1.73. The number of aromatic nitrogens is 2. The molecule has 1 saturated heterocycles. The van der Waals surface area contributed by atoms with Crippen molar-refractivity contribution in [2.75, 3.05) is 25.0 Å². The highest BCUT2D eigenvalue weighted by Gasteiger charge is 2.26. The molecular weight excluding hydrogens is 350 g/mol. The summed E-state index contributed by atoms with van der Waals surface area (Å²) >= 11 is 0. The molecule has 0 bridgehead atoms. The predicted octanol–water partition coefficient (Wildman–Crippen LogP) is 2.92. The molecule has 1 aliphatic rings. The van der Waals surface area contributed by atoms with E-state index in [0.717, 1.165) is 25.9 Å². The maximum absolute atomic E-state index is 12.2. The number of hydrogen-bond acceptors (Lipinski definition) is 7. The van der Waals surface area contributed by atoms with Crippen molar-refractivity contribution >= 4 is 17.3 Å². The fourth-order valence-corrected chi connectivity index (χ4v) is 3.05. The van der Waals surface area contributed by atoms with Crippen molar-refractivity contribution in [3.8, 4) is 0 Å². The predicted molar refractivity (Wildman–Crippen MR) is 98.5 cm³/mol. The topological polar surface area (TPSA) is 114 Å². The van der Waals surface area contributed by atoms with Gasteiger partial charge >= 0.3 is 0 Å². The highest BCUT2D eigenvalue weighted by Crippen LogP contribution is 2.28. The molecule has 2 aromatic rings. The molecule has 1 fully saturated rings. The van der Waals surface area contributed by atoms with Crippen molar-refractivity contribution in [1.82, 2.24) is 15.1 Å². The number of nitro groups is 1. The van der Waals surface area contributed by atoms with Crippen molar-refractivity contribution in [2.45, 2.75) is 38.5 Å². The van der Waals surface area contributed by atoms with Crippen molar-refractivity contribution in [3.63, 3.8) is 0 Å². The standard InChI is InChI=1S/C18H23N5O4/c1-12(2)17-20-21-18(27-17)13-7-9-22(10-8-13)11-16(24)19-14-3-5-15(6-4-14)23(25)26/h3-6,12-13H,7-11H2,1-2H3,(H,19,24). The summed E-state index contributed by atoms with van der Waals surface area (Å²) in [5.41, 5.74) is 0.546. The van der Waals surface area contributed by atoms with Crippen molar-refractivity contribution in [2.24, 2.45) is 0 Å². The van der Waals surface area contributed by atoms with Gasteiger partial charge in [-0.25, -0.2) is 0 Å². The van der Waals surface area contributed by atoms with Gasteiger partial charge in [0, 0.05) is 29.7 Å². The number of nitro benzene ring substituents is 1. The number of likely N-dealkylation sites (tertiary alicyclic amines) is 1. The molecule has 1 N–H and O–H groups in total. The van der Waals surface area contributed by atoms with Crippen LogP contribution in [0.25, 0.3) is 0 Å². The van der Waals surface area contributed by atoms with E-state index in [0.29, 0.717) is 17.5 Å². The van der Waals surface area contributed by atoms with Crippen LogP contribution in [0, 0.1) is 10.1 Å². The van der Waals surface area contributed by atoms with Crippen molar-refractivity contribution < 1.29 is 14.1 Å². The van der Waals surface area contributed by atoms with Crippen molar-refractivity contribution in [1.29, 1.82) is 0 Å². The zero-order valence-corrected chi connectivity index (χ0v) is 15.4. The molecule has 144 valence electrons. The molecule has 9 nitrogen and oxygen atoms in total. The first kappa shape index (κ1) is 19.0. The molecular formula is C18H23N5O4. The Morgan fingerprint density at radius 1 is 1.30 bits per heavy atom. The second-order valence-electron chi connectivity index (χ2n) is 7.04. The molecule has 0 saturated carbocycles. The molecule has 0 unspecified atom stereocenters. The van der Waals surface area contributed by atoms with Gasteiger partial charge < -0.3 is 9.73 Å². The second kappa shape index (κ2) is 8.26. The average Bonchev–Trinajstić information content (AvgIpc) is 3.13. The van der Waals surface area contributed by atoms with Crippen LogP contribution in [-0.4, -0.2) is 45.6 Å². The number of carbonyl (C=O) groups excluding carboxylic acids is 1. The van der Waals surface area contributed by atoms with E-state index in [-0.39, 0.29) is 30.0 Å². The second-order valence-corrected chi connectivity index (χ2v) is 7.04. The maximum Gasteiger partial charge on any atom is 0.269 e. The molecule has 1 aromatic heterocycles. The molecule has 0 aliphatic carbocycles. The number of benzene rings is 1. The lowest BCUT2D eigenvalue weighted by Gasteiger charge is -2.29. The Balaban J connectivity index is 1.46. The molecule has 27 heavy (non-hydrogen) atoms. The number of amides is 1. The lowest BCUT2D eigenvalue weighted by molar-refractivity contribution is -0.384. The third-order valence-corrected chi connectivity index (χ3v) is 4.62. The van der Waals surface area contributed by atoms with Gasteiger partial charge in [-0.1, -0.05) is 13.8 Å². The van der Waals surface area contributed by atoms with Gasteiger partial charge in [-0.05, 0) is 38.1 Å². The van der Waals surface area contributed by atoms with Crippen LogP contribution in [0.5, 0.6) is 0 Å². The van der Waals surface area contributed by atoms with Crippen LogP contribution < -0.4 is 5.32 Å². The molecule has 0 spiro atoms. The first-order valence-electron chi connectivity index (χ1n) is 9.02. The summed E-state index contributed by atoms with van der Waals surface area (Å²) in [6.45, 7) is 5.87. The molecule has 0 atom stereocenters. The van der Waals surface area contributed by atoms with Gasteiger partial charge in [-0.3, -0.25) is 19.8 Å². The molecule has 1 amide bonds. The summed E-state index contributed by atoms with van der Waals surface area (Å²) in [7, 11) is 0. The Bertz CT molecular complexity index is 794. The molecule has 9 heteroatoms. The lowest BCUT2D eigenvalue weighted by atomic mass is 9.97. The van der Waals surface area contributed by atoms with Crippen LogP contribution in [0.3, 0.4) is 0 Å². The fourth-order valence-electron chi connectivity index (χ4n) is 3.05. The van der Waals surface area contributed by atoms with Crippen LogP contribution in [0.15, 0.2) is 28.7 Å². The molecule has 0 radical (unpaired) electrons. The summed E-state index contributed by atoms with van der Waals surface area (Å²) in [5, 5.41) is 21.7. The monoisotopic (exact) mass is 373 g/mol. The minimum Gasteiger partial charge on any atom is -0.425 e. The summed E-state index contributed by atoms with van der Waals surface area (Å²) < 4.78 is 5.74. The smallest absolute Gasteiger partial charge is 0.269 e. The van der Waals surface area contributed by atoms with E-state index in [2.05, 4.69) is 20.4 Å². The van der Waals surface area contributed by atoms with Crippen LogP contribution in [-0.2, 0) is 4.79 Å². The first-order valence-corrected chi connectivity index (χ1v) is 9.02. The minimum atomic E-state index is -0.469. The highest BCUT2D eigenvalue weighted by atomic mass is 16.6. The number of hydrogen-bond donors (Lipinski definition) is 1. The third-order valence-electron chi connectivity index (χ3n) is 4.62. The fraction of sp³-hybridized carbons (Fsp3) is 0.500. The number of rotatable bonds is 6.